The van der Waals surface area contributed by atoms with Crippen molar-refractivity contribution in [2.75, 3.05) is 31.1 Å². The minimum atomic E-state index is -0.367. The van der Waals surface area contributed by atoms with Crippen LogP contribution < -0.4 is 10.2 Å². The molecule has 176 valence electrons. The summed E-state index contributed by atoms with van der Waals surface area (Å²) in [6.07, 6.45) is 1.44. The highest BCUT2D eigenvalue weighted by atomic mass is 35.5. The fourth-order valence-corrected chi connectivity index (χ4v) is 5.02. The number of piperazine rings is 1. The van der Waals surface area contributed by atoms with Crippen LogP contribution in [0.5, 0.6) is 0 Å². The summed E-state index contributed by atoms with van der Waals surface area (Å²) in [4.78, 5) is 28.9. The van der Waals surface area contributed by atoms with Crippen molar-refractivity contribution >= 4 is 28.9 Å². The van der Waals surface area contributed by atoms with Gasteiger partial charge in [0.25, 0.3) is 5.69 Å². The van der Waals surface area contributed by atoms with E-state index in [9.17, 15) is 14.9 Å². The summed E-state index contributed by atoms with van der Waals surface area (Å²) in [5, 5.41) is 15.2. The molecule has 0 spiro atoms. The fourth-order valence-electron chi connectivity index (χ4n) is 4.89. The molecule has 0 radical (unpaired) electrons. The first-order valence-corrected chi connectivity index (χ1v) is 12.0. The molecule has 4 rings (SSSR count). The van der Waals surface area contributed by atoms with Crippen LogP contribution in [0.2, 0.25) is 5.02 Å². The van der Waals surface area contributed by atoms with Gasteiger partial charge in [-0.05, 0) is 48.1 Å². The Bertz CT molecular complexity index is 1010. The van der Waals surface area contributed by atoms with Gasteiger partial charge in [-0.2, -0.15) is 0 Å². The number of nitro benzene ring substituents is 1. The number of benzene rings is 2. The zero-order valence-electron chi connectivity index (χ0n) is 19.2. The van der Waals surface area contributed by atoms with E-state index in [0.29, 0.717) is 18.9 Å². The highest BCUT2D eigenvalue weighted by Gasteiger charge is 2.41. The van der Waals surface area contributed by atoms with E-state index in [1.165, 1.54) is 5.56 Å². The molecule has 1 amide bonds. The van der Waals surface area contributed by atoms with Crippen LogP contribution in [0.15, 0.2) is 42.5 Å². The van der Waals surface area contributed by atoms with Crippen molar-refractivity contribution < 1.29 is 9.72 Å². The number of anilines is 1. The van der Waals surface area contributed by atoms with E-state index in [0.717, 1.165) is 48.9 Å². The molecule has 1 saturated heterocycles. The van der Waals surface area contributed by atoms with Crippen LogP contribution in [-0.4, -0.2) is 48.0 Å². The highest BCUT2D eigenvalue weighted by Crippen LogP contribution is 2.38. The fraction of sp³-hybridized carbons (Fsp3) is 0.480. The Morgan fingerprint density at radius 1 is 1.21 bits per heavy atom. The Labute approximate surface area is 199 Å². The molecular weight excluding hydrogens is 440 g/mol. The lowest BCUT2D eigenvalue weighted by Gasteiger charge is -2.49. The van der Waals surface area contributed by atoms with Crippen molar-refractivity contribution in [2.24, 2.45) is 11.8 Å². The molecule has 0 aliphatic carbocycles. The Hall–Kier alpha value is -2.64. The van der Waals surface area contributed by atoms with Gasteiger partial charge >= 0.3 is 0 Å². The number of nitrogens with zero attached hydrogens (tertiary/aromatic N) is 3. The maximum atomic E-state index is 13.3. The number of carbonyl (C=O) groups is 1. The number of hydrogen-bond donors (Lipinski definition) is 1. The summed E-state index contributed by atoms with van der Waals surface area (Å²) in [6.45, 7) is 8.13. The number of nitro groups is 1. The van der Waals surface area contributed by atoms with Crippen molar-refractivity contribution in [3.63, 3.8) is 0 Å². The third kappa shape index (κ3) is 5.47. The minimum absolute atomic E-state index is 0.0269. The normalized spacial score (nSPS) is 20.3. The first kappa shape index (κ1) is 23.5. The Morgan fingerprint density at radius 3 is 2.67 bits per heavy atom. The van der Waals surface area contributed by atoms with Crippen LogP contribution in [0.1, 0.15) is 31.4 Å². The van der Waals surface area contributed by atoms with Crippen LogP contribution >= 0.6 is 11.6 Å². The molecule has 0 unspecified atom stereocenters. The largest absolute Gasteiger partial charge is 0.365 e. The molecule has 0 bridgehead atoms. The Kier molecular flexibility index (Phi) is 7.20. The second kappa shape index (κ2) is 10.1. The molecule has 2 aliphatic rings. The summed E-state index contributed by atoms with van der Waals surface area (Å²) >= 11 is 6.03. The van der Waals surface area contributed by atoms with Crippen LogP contribution in [-0.2, 0) is 17.8 Å². The molecule has 7 nitrogen and oxygen atoms in total. The van der Waals surface area contributed by atoms with E-state index in [4.69, 9.17) is 11.6 Å². The van der Waals surface area contributed by atoms with Gasteiger partial charge in [0.15, 0.2) is 0 Å². The monoisotopic (exact) mass is 470 g/mol. The number of nitrogens with one attached hydrogen (secondary N) is 1. The van der Waals surface area contributed by atoms with Crippen LogP contribution in [0.3, 0.4) is 0 Å². The molecule has 2 aromatic carbocycles. The predicted octanol–water partition coefficient (Wildman–Crippen LogP) is 4.27. The van der Waals surface area contributed by atoms with Crippen molar-refractivity contribution in [1.29, 1.82) is 0 Å². The molecule has 1 fully saturated rings. The van der Waals surface area contributed by atoms with Gasteiger partial charge < -0.3 is 10.2 Å². The van der Waals surface area contributed by atoms with Crippen LogP contribution in [0.25, 0.3) is 0 Å². The summed E-state index contributed by atoms with van der Waals surface area (Å²) in [7, 11) is 0. The van der Waals surface area contributed by atoms with Gasteiger partial charge in [-0.1, -0.05) is 37.6 Å². The van der Waals surface area contributed by atoms with E-state index in [1.807, 2.05) is 30.3 Å². The second-order valence-corrected chi connectivity index (χ2v) is 9.91. The number of amides is 1. The molecule has 1 N–H and O–H groups in total. The summed E-state index contributed by atoms with van der Waals surface area (Å²) in [6, 6.07) is 13.0. The summed E-state index contributed by atoms with van der Waals surface area (Å²) in [5.41, 5.74) is 3.17. The maximum absolute atomic E-state index is 13.3. The SMILES string of the molecule is CC(C)CCNC(=O)[C@H]1Cc2cc([N+](=O)[O-])ccc2N2CCN(Cc3ccc(Cl)cc3)C[C@@H]12. The molecule has 2 heterocycles. The molecule has 33 heavy (non-hydrogen) atoms. The maximum Gasteiger partial charge on any atom is 0.269 e. The summed E-state index contributed by atoms with van der Waals surface area (Å²) < 4.78 is 0. The van der Waals surface area contributed by atoms with E-state index in [1.54, 1.807) is 12.1 Å². The van der Waals surface area contributed by atoms with E-state index >= 15 is 0 Å². The van der Waals surface area contributed by atoms with Gasteiger partial charge in [0.2, 0.25) is 5.91 Å². The lowest BCUT2D eigenvalue weighted by Crippen LogP contribution is -2.60. The third-order valence-corrected chi connectivity index (χ3v) is 6.92. The van der Waals surface area contributed by atoms with Crippen molar-refractivity contribution in [3.8, 4) is 0 Å². The molecule has 0 saturated carbocycles. The van der Waals surface area contributed by atoms with Gasteiger partial charge in [0, 0.05) is 55.6 Å². The van der Waals surface area contributed by atoms with E-state index in [2.05, 4.69) is 29.0 Å². The topological polar surface area (TPSA) is 78.7 Å². The van der Waals surface area contributed by atoms with Gasteiger partial charge in [-0.15, -0.1) is 0 Å². The van der Waals surface area contributed by atoms with E-state index in [-0.39, 0.29) is 28.5 Å². The quantitative estimate of drug-likeness (QED) is 0.482. The Morgan fingerprint density at radius 2 is 1.97 bits per heavy atom. The van der Waals surface area contributed by atoms with Crippen LogP contribution in [0, 0.1) is 22.0 Å². The predicted molar refractivity (Wildman–Crippen MR) is 131 cm³/mol. The molecule has 2 aromatic rings. The van der Waals surface area contributed by atoms with E-state index < -0.39 is 0 Å². The molecule has 8 heteroatoms. The zero-order chi connectivity index (χ0) is 23.5. The smallest absolute Gasteiger partial charge is 0.269 e. The first-order valence-electron chi connectivity index (χ1n) is 11.6. The molecule has 2 aliphatic heterocycles. The highest BCUT2D eigenvalue weighted by molar-refractivity contribution is 6.30. The van der Waals surface area contributed by atoms with Gasteiger partial charge in [-0.25, -0.2) is 0 Å². The number of non-ortho nitro benzene ring substituents is 1. The molecule has 0 aromatic heterocycles. The van der Waals surface area contributed by atoms with Gasteiger partial charge in [0.1, 0.15) is 0 Å². The zero-order valence-corrected chi connectivity index (χ0v) is 19.9. The third-order valence-electron chi connectivity index (χ3n) is 6.67. The van der Waals surface area contributed by atoms with Gasteiger partial charge in [0.05, 0.1) is 16.9 Å². The second-order valence-electron chi connectivity index (χ2n) is 9.48. The van der Waals surface area contributed by atoms with Crippen molar-refractivity contribution in [2.45, 2.75) is 39.3 Å². The average molecular weight is 471 g/mol. The number of rotatable bonds is 7. The Balaban J connectivity index is 1.56. The lowest BCUT2D eigenvalue weighted by atomic mass is 9.83. The molecule has 2 atom stereocenters. The van der Waals surface area contributed by atoms with Crippen LogP contribution in [0.4, 0.5) is 11.4 Å². The minimum Gasteiger partial charge on any atom is -0.365 e. The number of hydrogen-bond acceptors (Lipinski definition) is 5. The average Bonchev–Trinajstić information content (AvgIpc) is 2.79. The first-order chi connectivity index (χ1) is 15.8. The number of carbonyl (C=O) groups excluding carboxylic acids is 1. The van der Waals surface area contributed by atoms with Gasteiger partial charge in [-0.3, -0.25) is 19.8 Å². The summed E-state index contributed by atoms with van der Waals surface area (Å²) in [5.74, 6) is 0.303. The van der Waals surface area contributed by atoms with Crippen molar-refractivity contribution in [1.82, 2.24) is 10.2 Å². The van der Waals surface area contributed by atoms with Crippen molar-refractivity contribution in [3.05, 3.63) is 68.7 Å². The number of fused-ring (bicyclic) bond motifs is 3. The standard InChI is InChI=1S/C25H31ClN4O3/c1-17(2)9-10-27-25(31)22-14-19-13-21(30(32)33)7-8-23(19)29-12-11-28(16-24(22)29)15-18-3-5-20(26)6-4-18/h3-8,13,17,22,24H,9-12,14-16H2,1-2H3,(H,27,31)/t22-,24-/m0/s1. The lowest BCUT2D eigenvalue weighted by molar-refractivity contribution is -0.384. The number of halogens is 1. The molecular formula is C25H31ClN4O3.